The van der Waals surface area contributed by atoms with E-state index in [0.717, 1.165) is 51.4 Å². The van der Waals surface area contributed by atoms with Gasteiger partial charge in [-0.3, -0.25) is 9.59 Å². The van der Waals surface area contributed by atoms with Gasteiger partial charge in [-0.2, -0.15) is 0 Å². The third-order valence-electron chi connectivity index (χ3n) is 5.78. The Kier molecular flexibility index (Phi) is 14.1. The summed E-state index contributed by atoms with van der Waals surface area (Å²) in [5.74, 6) is -0.379. The smallest absolute Gasteiger partial charge is 0.309 e. The molecular formula is C24H44O4. The summed E-state index contributed by atoms with van der Waals surface area (Å²) in [4.78, 5) is 25.0. The molecule has 0 bridgehead atoms. The number of rotatable bonds is 15. The maximum atomic E-state index is 12.5. The van der Waals surface area contributed by atoms with Crippen LogP contribution < -0.4 is 0 Å². The van der Waals surface area contributed by atoms with Crippen LogP contribution in [0.4, 0.5) is 0 Å². The third-order valence-corrected chi connectivity index (χ3v) is 5.78. The zero-order valence-corrected chi connectivity index (χ0v) is 18.7. The SMILES string of the molecule is CCCCCCCCCCOC(=O)C1CCCCC1C(=O)OCCCC(C)C. The Bertz CT molecular complexity index is 419. The number of hydrogen-bond donors (Lipinski definition) is 0. The van der Waals surface area contributed by atoms with Crippen molar-refractivity contribution in [2.24, 2.45) is 17.8 Å². The lowest BCUT2D eigenvalue weighted by Crippen LogP contribution is -2.35. The van der Waals surface area contributed by atoms with Crippen LogP contribution in [-0.4, -0.2) is 25.2 Å². The molecule has 1 fully saturated rings. The average molecular weight is 397 g/mol. The van der Waals surface area contributed by atoms with Crippen LogP contribution in [0, 0.1) is 17.8 Å². The van der Waals surface area contributed by atoms with Crippen LogP contribution in [0.5, 0.6) is 0 Å². The standard InChI is InChI=1S/C24H44O4/c1-4-5-6-7-8-9-10-13-18-27-23(25)21-16-11-12-17-22(21)24(26)28-19-14-15-20(2)3/h20-22H,4-19H2,1-3H3. The molecule has 0 heterocycles. The molecule has 2 atom stereocenters. The van der Waals surface area contributed by atoms with Gasteiger partial charge in [0.05, 0.1) is 25.0 Å². The summed E-state index contributed by atoms with van der Waals surface area (Å²) in [6, 6.07) is 0. The fourth-order valence-corrected chi connectivity index (χ4v) is 3.98. The monoisotopic (exact) mass is 396 g/mol. The molecule has 0 N–H and O–H groups in total. The second kappa shape index (κ2) is 15.8. The van der Waals surface area contributed by atoms with Crippen molar-refractivity contribution in [2.45, 2.75) is 111 Å². The Hall–Kier alpha value is -1.06. The fourth-order valence-electron chi connectivity index (χ4n) is 3.98. The Labute approximate surface area is 173 Å². The molecule has 4 nitrogen and oxygen atoms in total. The van der Waals surface area contributed by atoms with Crippen molar-refractivity contribution in [1.29, 1.82) is 0 Å². The largest absolute Gasteiger partial charge is 0.465 e. The van der Waals surface area contributed by atoms with Gasteiger partial charge in [0.1, 0.15) is 0 Å². The average Bonchev–Trinajstić information content (AvgIpc) is 2.69. The first-order chi connectivity index (χ1) is 13.6. The van der Waals surface area contributed by atoms with Gasteiger partial charge in [-0.1, -0.05) is 78.6 Å². The Morgan fingerprint density at radius 1 is 0.750 bits per heavy atom. The highest BCUT2D eigenvalue weighted by Crippen LogP contribution is 2.32. The Morgan fingerprint density at radius 2 is 1.21 bits per heavy atom. The molecule has 0 aromatic heterocycles. The molecule has 1 saturated carbocycles. The van der Waals surface area contributed by atoms with Gasteiger partial charge < -0.3 is 9.47 Å². The molecular weight excluding hydrogens is 352 g/mol. The van der Waals surface area contributed by atoms with Crippen molar-refractivity contribution in [2.75, 3.05) is 13.2 Å². The van der Waals surface area contributed by atoms with Crippen LogP contribution in [-0.2, 0) is 19.1 Å². The summed E-state index contributed by atoms with van der Waals surface area (Å²) in [5, 5.41) is 0. The van der Waals surface area contributed by atoms with Crippen molar-refractivity contribution in [3.8, 4) is 0 Å². The van der Waals surface area contributed by atoms with E-state index in [9.17, 15) is 9.59 Å². The lowest BCUT2D eigenvalue weighted by Gasteiger charge is -2.28. The predicted octanol–water partition coefficient (Wildman–Crippen LogP) is 6.46. The van der Waals surface area contributed by atoms with Gasteiger partial charge in [0.25, 0.3) is 0 Å². The van der Waals surface area contributed by atoms with Crippen molar-refractivity contribution >= 4 is 11.9 Å². The number of carbonyl (C=O) groups excluding carboxylic acids is 2. The van der Waals surface area contributed by atoms with E-state index < -0.39 is 0 Å². The summed E-state index contributed by atoms with van der Waals surface area (Å²) in [5.41, 5.74) is 0. The lowest BCUT2D eigenvalue weighted by molar-refractivity contribution is -0.163. The molecule has 0 saturated heterocycles. The first kappa shape index (κ1) is 25.0. The Morgan fingerprint density at radius 3 is 1.71 bits per heavy atom. The van der Waals surface area contributed by atoms with Crippen molar-refractivity contribution in [3.63, 3.8) is 0 Å². The van der Waals surface area contributed by atoms with Crippen LogP contribution >= 0.6 is 0 Å². The van der Waals surface area contributed by atoms with Crippen LogP contribution in [0.15, 0.2) is 0 Å². The zero-order valence-electron chi connectivity index (χ0n) is 18.7. The summed E-state index contributed by atoms with van der Waals surface area (Å²) >= 11 is 0. The molecule has 0 radical (unpaired) electrons. The summed E-state index contributed by atoms with van der Waals surface area (Å²) < 4.78 is 11.0. The third kappa shape index (κ3) is 11.1. The molecule has 1 aliphatic rings. The molecule has 0 amide bonds. The van der Waals surface area contributed by atoms with Crippen molar-refractivity contribution < 1.29 is 19.1 Å². The zero-order chi connectivity index (χ0) is 20.6. The first-order valence-corrected chi connectivity index (χ1v) is 11.9. The van der Waals surface area contributed by atoms with E-state index in [1.54, 1.807) is 0 Å². The first-order valence-electron chi connectivity index (χ1n) is 11.9. The molecule has 1 aliphatic carbocycles. The minimum absolute atomic E-state index is 0.188. The van der Waals surface area contributed by atoms with Gasteiger partial charge in [-0.15, -0.1) is 0 Å². The normalized spacial score (nSPS) is 19.6. The lowest BCUT2D eigenvalue weighted by atomic mass is 9.79. The van der Waals surface area contributed by atoms with E-state index in [1.165, 1.54) is 38.5 Å². The van der Waals surface area contributed by atoms with Gasteiger partial charge in [-0.05, 0) is 38.0 Å². The molecule has 0 spiro atoms. The topological polar surface area (TPSA) is 52.6 Å². The van der Waals surface area contributed by atoms with Gasteiger partial charge in [0, 0.05) is 0 Å². The summed E-state index contributed by atoms with van der Waals surface area (Å²) in [6.07, 6.45) is 15.2. The van der Waals surface area contributed by atoms with Crippen LogP contribution in [0.3, 0.4) is 0 Å². The van der Waals surface area contributed by atoms with E-state index in [1.807, 2.05) is 0 Å². The second-order valence-corrected chi connectivity index (χ2v) is 8.84. The number of carbonyl (C=O) groups is 2. The van der Waals surface area contributed by atoms with Gasteiger partial charge in [-0.25, -0.2) is 0 Å². The summed E-state index contributed by atoms with van der Waals surface area (Å²) in [6.45, 7) is 7.52. The molecule has 0 aromatic rings. The number of unbranched alkanes of at least 4 members (excludes halogenated alkanes) is 7. The number of ether oxygens (including phenoxy) is 2. The molecule has 28 heavy (non-hydrogen) atoms. The fraction of sp³-hybridized carbons (Fsp3) is 0.917. The minimum atomic E-state index is -0.307. The highest BCUT2D eigenvalue weighted by Gasteiger charge is 2.37. The molecule has 0 aromatic carbocycles. The molecule has 164 valence electrons. The van der Waals surface area contributed by atoms with Crippen molar-refractivity contribution in [1.82, 2.24) is 0 Å². The maximum Gasteiger partial charge on any atom is 0.309 e. The molecule has 1 rings (SSSR count). The van der Waals surface area contributed by atoms with Gasteiger partial charge in [0.15, 0.2) is 0 Å². The molecule has 2 unspecified atom stereocenters. The van der Waals surface area contributed by atoms with E-state index in [2.05, 4.69) is 20.8 Å². The molecule has 4 heteroatoms. The van der Waals surface area contributed by atoms with Gasteiger partial charge in [0.2, 0.25) is 0 Å². The molecule has 0 aliphatic heterocycles. The highest BCUT2D eigenvalue weighted by molar-refractivity contribution is 5.82. The second-order valence-electron chi connectivity index (χ2n) is 8.84. The predicted molar refractivity (Wildman–Crippen MR) is 114 cm³/mol. The van der Waals surface area contributed by atoms with E-state index in [4.69, 9.17) is 9.47 Å². The highest BCUT2D eigenvalue weighted by atomic mass is 16.5. The quantitative estimate of drug-likeness (QED) is 0.235. The van der Waals surface area contributed by atoms with Crippen molar-refractivity contribution in [3.05, 3.63) is 0 Å². The van der Waals surface area contributed by atoms with E-state index in [-0.39, 0.29) is 23.8 Å². The van der Waals surface area contributed by atoms with Gasteiger partial charge >= 0.3 is 11.9 Å². The summed E-state index contributed by atoms with van der Waals surface area (Å²) in [7, 11) is 0. The van der Waals surface area contributed by atoms with E-state index in [0.29, 0.717) is 19.1 Å². The van der Waals surface area contributed by atoms with Crippen LogP contribution in [0.2, 0.25) is 0 Å². The number of hydrogen-bond acceptors (Lipinski definition) is 4. The maximum absolute atomic E-state index is 12.5. The minimum Gasteiger partial charge on any atom is -0.465 e. The van der Waals surface area contributed by atoms with Crippen LogP contribution in [0.1, 0.15) is 111 Å². The Balaban J connectivity index is 2.22. The van der Waals surface area contributed by atoms with Crippen LogP contribution in [0.25, 0.3) is 0 Å². The van der Waals surface area contributed by atoms with E-state index >= 15 is 0 Å². The number of esters is 2.